The minimum Gasteiger partial charge on any atom is -0.549 e. The van der Waals surface area contributed by atoms with Crippen LogP contribution in [-0.2, 0) is 23.1 Å². The molecule has 0 spiro atoms. The minimum absolute atomic E-state index is 0.233. The Morgan fingerprint density at radius 3 is 2.56 bits per heavy atom. The van der Waals surface area contributed by atoms with Crippen molar-refractivity contribution in [2.24, 2.45) is 7.05 Å². The molecule has 2 aromatic rings. The number of aryl methyl sites for hydroxylation is 2. The summed E-state index contributed by atoms with van der Waals surface area (Å²) in [6, 6.07) is 0. The lowest BCUT2D eigenvalue weighted by Gasteiger charge is -2.07. The number of imidazole rings is 1. The number of nitrogens with one attached hydrogen (secondary N) is 1. The standard InChI is InChI=1S/C10H12N4O4S.C4H9NO/c1-3-14-6-7(11-10(14)19-4-5(15)16)13(2)9(18)12-8(6)17;1-3-6-4-2-5-1/h3-4H2,1-2H3,(H,15,16)(H,12,17,18);5H,1-4H2. The van der Waals surface area contributed by atoms with E-state index >= 15 is 0 Å². The smallest absolute Gasteiger partial charge is 0.329 e. The third-order valence-electron chi connectivity index (χ3n) is 3.54. The van der Waals surface area contributed by atoms with Crippen molar-refractivity contribution >= 4 is 28.9 Å². The van der Waals surface area contributed by atoms with Crippen LogP contribution in [0, 0.1) is 0 Å². The number of carboxylic acids is 1. The average Bonchev–Trinajstić information content (AvgIpc) is 2.99. The number of nitrogens with zero attached hydrogens (tertiary/aromatic N) is 3. The average molecular weight is 371 g/mol. The highest BCUT2D eigenvalue weighted by Crippen LogP contribution is 2.20. The number of morpholine rings is 1. The summed E-state index contributed by atoms with van der Waals surface area (Å²) >= 11 is 0.950. The van der Waals surface area contributed by atoms with Gasteiger partial charge in [-0.05, 0) is 6.92 Å². The van der Waals surface area contributed by atoms with Crippen LogP contribution in [0.2, 0.25) is 0 Å². The van der Waals surface area contributed by atoms with Crippen LogP contribution in [-0.4, -0.2) is 57.1 Å². The molecule has 0 bridgehead atoms. The number of H-pyrrole nitrogens is 1. The molecule has 11 heteroatoms. The number of hydrogen-bond donors (Lipinski definition) is 2. The van der Waals surface area contributed by atoms with Gasteiger partial charge in [0.15, 0.2) is 16.3 Å². The lowest BCUT2D eigenvalue weighted by molar-refractivity contribution is -0.670. The summed E-state index contributed by atoms with van der Waals surface area (Å²) in [5.74, 6) is -1.49. The van der Waals surface area contributed by atoms with E-state index in [-0.39, 0.29) is 16.9 Å². The molecule has 0 amide bonds. The number of quaternary nitrogens is 1. The number of nitrogens with two attached hydrogens (primary N) is 1. The maximum Gasteiger partial charge on any atom is 0.329 e. The quantitative estimate of drug-likeness (QED) is 0.542. The van der Waals surface area contributed by atoms with Gasteiger partial charge >= 0.3 is 5.69 Å². The molecule has 1 aliphatic rings. The largest absolute Gasteiger partial charge is 0.549 e. The molecule has 1 saturated heterocycles. The Morgan fingerprint density at radius 1 is 1.40 bits per heavy atom. The zero-order valence-electron chi connectivity index (χ0n) is 14.1. The van der Waals surface area contributed by atoms with E-state index in [2.05, 4.69) is 15.3 Å². The van der Waals surface area contributed by atoms with Crippen molar-refractivity contribution in [3.63, 3.8) is 0 Å². The SMILES string of the molecule is C1COCC[NH2+]1.CCn1c(SCC(=O)[O-])nc2c1c(=O)[nH]c(=O)n2C. The Bertz CT molecular complexity index is 840. The molecule has 0 radical (unpaired) electrons. The van der Waals surface area contributed by atoms with Gasteiger partial charge in [-0.3, -0.25) is 14.3 Å². The highest BCUT2D eigenvalue weighted by molar-refractivity contribution is 7.99. The summed E-state index contributed by atoms with van der Waals surface area (Å²) in [6.07, 6.45) is 0. The van der Waals surface area contributed by atoms with E-state index in [4.69, 9.17) is 4.74 Å². The molecule has 3 heterocycles. The predicted octanol–water partition coefficient (Wildman–Crippen LogP) is -3.13. The molecule has 0 saturated carbocycles. The van der Waals surface area contributed by atoms with Gasteiger partial charge in [0.1, 0.15) is 0 Å². The fourth-order valence-corrected chi connectivity index (χ4v) is 3.10. The van der Waals surface area contributed by atoms with Gasteiger partial charge in [-0.25, -0.2) is 9.78 Å². The first-order chi connectivity index (χ1) is 12.0. The Kier molecular flexibility index (Phi) is 6.79. The van der Waals surface area contributed by atoms with Gasteiger partial charge < -0.3 is 24.5 Å². The molecule has 0 aliphatic carbocycles. The number of thioether (sulfide) groups is 1. The second kappa shape index (κ2) is 8.83. The first-order valence-corrected chi connectivity index (χ1v) is 8.85. The van der Waals surface area contributed by atoms with Crippen LogP contribution in [0.5, 0.6) is 0 Å². The van der Waals surface area contributed by atoms with Crippen molar-refractivity contribution in [3.05, 3.63) is 20.8 Å². The molecule has 3 rings (SSSR count). The van der Waals surface area contributed by atoms with E-state index in [1.807, 2.05) is 0 Å². The van der Waals surface area contributed by atoms with Crippen molar-refractivity contribution in [2.75, 3.05) is 32.1 Å². The Hall–Kier alpha value is -2.11. The van der Waals surface area contributed by atoms with E-state index in [9.17, 15) is 19.5 Å². The summed E-state index contributed by atoms with van der Waals surface area (Å²) < 4.78 is 7.82. The van der Waals surface area contributed by atoms with E-state index in [1.165, 1.54) is 11.6 Å². The monoisotopic (exact) mass is 371 g/mol. The molecule has 2 aromatic heterocycles. The number of fused-ring (bicyclic) bond motifs is 1. The number of aromatic nitrogens is 4. The number of ether oxygens (including phenoxy) is 1. The van der Waals surface area contributed by atoms with Crippen molar-refractivity contribution in [1.29, 1.82) is 0 Å². The van der Waals surface area contributed by atoms with Crippen molar-refractivity contribution < 1.29 is 20.0 Å². The van der Waals surface area contributed by atoms with Crippen LogP contribution in [0.3, 0.4) is 0 Å². The normalized spacial score (nSPS) is 14.2. The second-order valence-electron chi connectivity index (χ2n) is 5.27. The van der Waals surface area contributed by atoms with Crippen molar-refractivity contribution in [3.8, 4) is 0 Å². The number of carboxylic acid groups (broad SMARTS) is 1. The fraction of sp³-hybridized carbons (Fsp3) is 0.571. The van der Waals surface area contributed by atoms with Crippen LogP contribution in [0.15, 0.2) is 14.7 Å². The fourth-order valence-electron chi connectivity index (χ4n) is 2.32. The number of rotatable bonds is 4. The Balaban J connectivity index is 0.000000316. The molecule has 10 nitrogen and oxygen atoms in total. The van der Waals surface area contributed by atoms with Crippen LogP contribution in [0.1, 0.15) is 6.92 Å². The zero-order chi connectivity index (χ0) is 18.4. The lowest BCUT2D eigenvalue weighted by Crippen LogP contribution is -2.87. The third-order valence-corrected chi connectivity index (χ3v) is 4.49. The molecule has 138 valence electrons. The first-order valence-electron chi connectivity index (χ1n) is 7.87. The maximum atomic E-state index is 11.8. The molecular formula is C14H21N5O5S. The van der Waals surface area contributed by atoms with Gasteiger partial charge in [0.25, 0.3) is 5.56 Å². The van der Waals surface area contributed by atoms with Gasteiger partial charge in [-0.1, -0.05) is 11.8 Å². The maximum absolute atomic E-state index is 11.8. The van der Waals surface area contributed by atoms with Crippen LogP contribution in [0.25, 0.3) is 11.2 Å². The summed E-state index contributed by atoms with van der Waals surface area (Å²) in [7, 11) is 1.49. The van der Waals surface area contributed by atoms with Crippen molar-refractivity contribution in [2.45, 2.75) is 18.6 Å². The molecular weight excluding hydrogens is 350 g/mol. The summed E-state index contributed by atoms with van der Waals surface area (Å²) in [6.45, 7) is 6.43. The highest BCUT2D eigenvalue weighted by atomic mass is 32.2. The molecule has 3 N–H and O–H groups in total. The summed E-state index contributed by atoms with van der Waals surface area (Å²) in [4.78, 5) is 40.1. The van der Waals surface area contributed by atoms with E-state index in [1.54, 1.807) is 11.5 Å². The molecule has 25 heavy (non-hydrogen) atoms. The van der Waals surface area contributed by atoms with Gasteiger partial charge in [0.2, 0.25) is 0 Å². The minimum atomic E-state index is -1.22. The van der Waals surface area contributed by atoms with Gasteiger partial charge in [0.05, 0.1) is 32.3 Å². The number of carbonyl (C=O) groups is 1. The lowest BCUT2D eigenvalue weighted by atomic mass is 10.5. The zero-order valence-corrected chi connectivity index (χ0v) is 14.9. The molecule has 0 aromatic carbocycles. The number of hydrogen-bond acceptors (Lipinski definition) is 7. The summed E-state index contributed by atoms with van der Waals surface area (Å²) in [5.41, 5.74) is -0.607. The number of carbonyl (C=O) groups excluding carboxylic acids is 1. The van der Waals surface area contributed by atoms with Gasteiger partial charge in [-0.15, -0.1) is 0 Å². The van der Waals surface area contributed by atoms with Gasteiger partial charge in [-0.2, -0.15) is 0 Å². The Morgan fingerprint density at radius 2 is 2.08 bits per heavy atom. The molecule has 0 atom stereocenters. The predicted molar refractivity (Wildman–Crippen MR) is 89.5 cm³/mol. The molecule has 1 aliphatic heterocycles. The summed E-state index contributed by atoms with van der Waals surface area (Å²) in [5, 5.41) is 13.1. The van der Waals surface area contributed by atoms with E-state index < -0.39 is 17.2 Å². The number of aliphatic carboxylic acids is 1. The Labute approximate surface area is 147 Å². The highest BCUT2D eigenvalue weighted by Gasteiger charge is 2.16. The molecule has 1 fully saturated rings. The van der Waals surface area contributed by atoms with Crippen LogP contribution in [0.4, 0.5) is 0 Å². The van der Waals surface area contributed by atoms with E-state index in [0.29, 0.717) is 11.7 Å². The third kappa shape index (κ3) is 4.71. The first kappa shape index (κ1) is 19.2. The van der Waals surface area contributed by atoms with Crippen LogP contribution >= 0.6 is 11.8 Å². The van der Waals surface area contributed by atoms with Gasteiger partial charge in [0, 0.05) is 19.3 Å². The van der Waals surface area contributed by atoms with E-state index in [0.717, 1.165) is 38.1 Å². The number of aromatic amines is 1. The molecule has 0 unspecified atom stereocenters. The van der Waals surface area contributed by atoms with Crippen molar-refractivity contribution in [1.82, 2.24) is 19.1 Å². The topological polar surface area (TPSA) is 139 Å². The van der Waals surface area contributed by atoms with Crippen LogP contribution < -0.4 is 21.7 Å². The second-order valence-corrected chi connectivity index (χ2v) is 6.21.